The zero-order valence-electron chi connectivity index (χ0n) is 22.5. The minimum absolute atomic E-state index is 0.00993. The van der Waals surface area contributed by atoms with Crippen molar-refractivity contribution in [2.75, 3.05) is 18.1 Å². The summed E-state index contributed by atoms with van der Waals surface area (Å²) in [6, 6.07) is 15.7. The van der Waals surface area contributed by atoms with E-state index in [1.807, 2.05) is 54.6 Å². The number of aliphatic hydroxyl groups excluding tert-OH is 1. The summed E-state index contributed by atoms with van der Waals surface area (Å²) in [5, 5.41) is 12.0. The highest BCUT2D eigenvalue weighted by molar-refractivity contribution is 5.97. The molecule has 10 nitrogen and oxygen atoms in total. The Balaban J connectivity index is 1.18. The minimum Gasteiger partial charge on any atom is -0.394 e. The Labute approximate surface area is 236 Å². The summed E-state index contributed by atoms with van der Waals surface area (Å²) in [7, 11) is 0. The lowest BCUT2D eigenvalue weighted by atomic mass is 10.0. The van der Waals surface area contributed by atoms with Crippen LogP contribution in [0, 0.1) is 0 Å². The van der Waals surface area contributed by atoms with Crippen molar-refractivity contribution in [2.24, 2.45) is 0 Å². The number of aromatic amines is 1. The normalized spacial score (nSPS) is 18.8. The van der Waals surface area contributed by atoms with E-state index in [1.165, 1.54) is 22.9 Å². The van der Waals surface area contributed by atoms with E-state index in [0.717, 1.165) is 22.4 Å². The highest BCUT2D eigenvalue weighted by Gasteiger charge is 2.27. The maximum Gasteiger partial charge on any atom is 0.330 e. The lowest BCUT2D eigenvalue weighted by Crippen LogP contribution is -2.35. The molecule has 212 valence electrons. The van der Waals surface area contributed by atoms with Crippen molar-refractivity contribution >= 4 is 35.7 Å². The molecule has 0 radical (unpaired) electrons. The van der Waals surface area contributed by atoms with E-state index in [4.69, 9.17) is 4.74 Å². The quantitative estimate of drug-likeness (QED) is 0.391. The number of aliphatic hydroxyl groups is 1. The van der Waals surface area contributed by atoms with Crippen molar-refractivity contribution < 1.29 is 19.4 Å². The zero-order chi connectivity index (χ0) is 28.8. The third kappa shape index (κ3) is 6.62. The van der Waals surface area contributed by atoms with Crippen molar-refractivity contribution in [3.05, 3.63) is 104 Å². The highest BCUT2D eigenvalue weighted by Crippen LogP contribution is 2.29. The Morgan fingerprint density at radius 2 is 1.80 bits per heavy atom. The van der Waals surface area contributed by atoms with Crippen molar-refractivity contribution in [3.8, 4) is 0 Å². The van der Waals surface area contributed by atoms with Crippen molar-refractivity contribution in [1.82, 2.24) is 14.9 Å². The van der Waals surface area contributed by atoms with Gasteiger partial charge in [-0.25, -0.2) is 4.79 Å². The molecule has 3 N–H and O–H groups in total. The van der Waals surface area contributed by atoms with E-state index < -0.39 is 17.5 Å². The van der Waals surface area contributed by atoms with E-state index in [9.17, 15) is 24.3 Å². The molecule has 2 atom stereocenters. The van der Waals surface area contributed by atoms with Crippen LogP contribution in [0.5, 0.6) is 0 Å². The summed E-state index contributed by atoms with van der Waals surface area (Å²) in [4.78, 5) is 54.3. The lowest BCUT2D eigenvalue weighted by Gasteiger charge is -2.27. The average molecular weight is 557 g/mol. The minimum atomic E-state index is -0.597. The van der Waals surface area contributed by atoms with Gasteiger partial charge >= 0.3 is 5.69 Å². The van der Waals surface area contributed by atoms with Gasteiger partial charge in [-0.2, -0.15) is 0 Å². The van der Waals surface area contributed by atoms with Crippen molar-refractivity contribution in [3.63, 3.8) is 0 Å². The first kappa shape index (κ1) is 28.0. The first-order valence-electron chi connectivity index (χ1n) is 13.6. The van der Waals surface area contributed by atoms with Crippen LogP contribution in [0.15, 0.2) is 70.4 Å². The molecule has 10 heteroatoms. The second-order valence-corrected chi connectivity index (χ2v) is 10.0. The number of nitrogens with one attached hydrogen (secondary N) is 2. The molecule has 0 spiro atoms. The smallest absolute Gasteiger partial charge is 0.330 e. The van der Waals surface area contributed by atoms with E-state index >= 15 is 0 Å². The Morgan fingerprint density at radius 1 is 1.05 bits per heavy atom. The van der Waals surface area contributed by atoms with Crippen molar-refractivity contribution in [1.29, 1.82) is 0 Å². The van der Waals surface area contributed by atoms with Crippen LogP contribution in [-0.4, -0.2) is 45.7 Å². The van der Waals surface area contributed by atoms with Gasteiger partial charge in [0.25, 0.3) is 5.56 Å². The molecule has 2 aromatic carbocycles. The van der Waals surface area contributed by atoms with Crippen molar-refractivity contribution in [2.45, 2.75) is 44.6 Å². The van der Waals surface area contributed by atoms with E-state index in [0.29, 0.717) is 19.4 Å². The number of fused-ring (bicyclic) bond motifs is 2. The van der Waals surface area contributed by atoms with Gasteiger partial charge in [-0.15, -0.1) is 0 Å². The third-order valence-corrected chi connectivity index (χ3v) is 7.21. The number of anilines is 1. The number of benzene rings is 2. The number of carbonyl (C=O) groups excluding carboxylic acids is 2. The SMILES string of the molecule is O=C(C/C=C/c1cn([C@H]2CC[C@@H](CO)O2)c(=O)[nH]c1=O)NCCC(=O)N1Cc2ccccc2/C=C\c2ccccc21. The number of nitrogens with zero attached hydrogens (tertiary/aromatic N) is 2. The molecule has 41 heavy (non-hydrogen) atoms. The fourth-order valence-corrected chi connectivity index (χ4v) is 5.04. The van der Waals surface area contributed by atoms with Gasteiger partial charge in [-0.05, 0) is 35.6 Å². The molecule has 0 bridgehead atoms. The number of ether oxygens (including phenoxy) is 1. The number of hydrogen-bond donors (Lipinski definition) is 3. The number of carbonyl (C=O) groups is 2. The summed E-state index contributed by atoms with van der Waals surface area (Å²) < 4.78 is 6.93. The van der Waals surface area contributed by atoms with Crippen LogP contribution in [-0.2, 0) is 20.9 Å². The Morgan fingerprint density at radius 3 is 2.61 bits per heavy atom. The second kappa shape index (κ2) is 12.8. The summed E-state index contributed by atoms with van der Waals surface area (Å²) in [6.07, 6.45) is 8.79. The predicted octanol–water partition coefficient (Wildman–Crippen LogP) is 2.83. The third-order valence-electron chi connectivity index (χ3n) is 7.21. The molecule has 1 saturated heterocycles. The predicted molar refractivity (Wildman–Crippen MR) is 156 cm³/mol. The molecule has 0 aliphatic carbocycles. The molecule has 2 aliphatic heterocycles. The van der Waals surface area contributed by atoms with Crippen LogP contribution in [0.25, 0.3) is 18.2 Å². The Hall–Kier alpha value is -4.54. The van der Waals surface area contributed by atoms with Crippen LogP contribution in [0.1, 0.15) is 54.2 Å². The van der Waals surface area contributed by atoms with Crippen LogP contribution >= 0.6 is 0 Å². The zero-order valence-corrected chi connectivity index (χ0v) is 22.5. The molecule has 5 rings (SSSR count). The molecule has 2 amide bonds. The lowest BCUT2D eigenvalue weighted by molar-refractivity contribution is -0.120. The van der Waals surface area contributed by atoms with Gasteiger partial charge in [0.2, 0.25) is 11.8 Å². The monoisotopic (exact) mass is 556 g/mol. The number of hydrogen-bond acceptors (Lipinski definition) is 6. The van der Waals surface area contributed by atoms with Crippen LogP contribution in [0.4, 0.5) is 5.69 Å². The van der Waals surface area contributed by atoms with Gasteiger partial charge < -0.3 is 20.1 Å². The number of amides is 2. The molecule has 0 unspecified atom stereocenters. The van der Waals surface area contributed by atoms with Gasteiger partial charge in [0.05, 0.1) is 30.5 Å². The van der Waals surface area contributed by atoms with Gasteiger partial charge in [0, 0.05) is 25.6 Å². The topological polar surface area (TPSA) is 134 Å². The Bertz CT molecular complexity index is 1600. The number of H-pyrrole nitrogens is 1. The number of rotatable bonds is 8. The average Bonchev–Trinajstić information content (AvgIpc) is 3.44. The molecule has 1 aromatic heterocycles. The molecule has 0 saturated carbocycles. The van der Waals surface area contributed by atoms with E-state index in [-0.39, 0.29) is 49.5 Å². The largest absolute Gasteiger partial charge is 0.394 e. The highest BCUT2D eigenvalue weighted by atomic mass is 16.5. The van der Waals surface area contributed by atoms with Gasteiger partial charge in [0.15, 0.2) is 0 Å². The van der Waals surface area contributed by atoms with Gasteiger partial charge in [0.1, 0.15) is 6.23 Å². The number of aromatic nitrogens is 2. The molecule has 2 aliphatic rings. The molecular weight excluding hydrogens is 524 g/mol. The first-order valence-corrected chi connectivity index (χ1v) is 13.6. The second-order valence-electron chi connectivity index (χ2n) is 10.0. The fraction of sp³-hybridized carbons (Fsp3) is 0.290. The maximum absolute atomic E-state index is 13.3. The van der Waals surface area contributed by atoms with Crippen LogP contribution < -0.4 is 21.5 Å². The summed E-state index contributed by atoms with van der Waals surface area (Å²) in [6.45, 7) is 0.452. The molecule has 3 heterocycles. The van der Waals surface area contributed by atoms with Crippen LogP contribution in [0.3, 0.4) is 0 Å². The standard InChI is InChI=1S/C31H32N4O6/c36-20-25-14-15-29(41-25)35-19-24(30(39)33-31(35)40)9-5-11-27(37)32-17-16-28(38)34-18-23-8-2-1-6-21(23)12-13-22-7-3-4-10-26(22)34/h1-10,12-13,19,25,29,36H,11,14-18,20H2,(H,32,37)(H,33,39,40)/b9-5+,13-12-/t25-,29+/m0/s1. The summed E-state index contributed by atoms with van der Waals surface area (Å²) in [5.74, 6) is -0.408. The van der Waals surface area contributed by atoms with Gasteiger partial charge in [-0.1, -0.05) is 66.8 Å². The van der Waals surface area contributed by atoms with E-state index in [2.05, 4.69) is 16.4 Å². The Kier molecular flexibility index (Phi) is 8.71. The number of para-hydroxylation sites is 1. The summed E-state index contributed by atoms with van der Waals surface area (Å²) in [5.41, 5.74) is 2.88. The molecular formula is C31H32N4O6. The molecule has 1 fully saturated rings. The van der Waals surface area contributed by atoms with Crippen LogP contribution in [0.2, 0.25) is 0 Å². The fourth-order valence-electron chi connectivity index (χ4n) is 5.04. The maximum atomic E-state index is 13.3. The molecule has 3 aromatic rings. The van der Waals surface area contributed by atoms with Gasteiger partial charge in [-0.3, -0.25) is 23.9 Å². The summed E-state index contributed by atoms with van der Waals surface area (Å²) >= 11 is 0. The first-order chi connectivity index (χ1) is 19.9. The van der Waals surface area contributed by atoms with E-state index in [1.54, 1.807) is 4.90 Å².